The van der Waals surface area contributed by atoms with Gasteiger partial charge in [-0.3, -0.25) is 19.2 Å². The molecule has 0 atom stereocenters. The van der Waals surface area contributed by atoms with E-state index in [9.17, 15) is 31.9 Å². The number of thioether (sulfide) groups is 1. The third-order valence-electron chi connectivity index (χ3n) is 7.40. The van der Waals surface area contributed by atoms with Crippen molar-refractivity contribution >= 4 is 40.9 Å². The summed E-state index contributed by atoms with van der Waals surface area (Å²) in [6.07, 6.45) is -1.36. The summed E-state index contributed by atoms with van der Waals surface area (Å²) in [4.78, 5) is 39.7. The van der Waals surface area contributed by atoms with Gasteiger partial charge >= 0.3 is 6.36 Å². The molecule has 2 aromatic heterocycles. The monoisotopic (exact) mass is 727 g/mol. The Morgan fingerprint density at radius 3 is 2.31 bits per heavy atom. The Hall–Kier alpha value is -4.98. The minimum atomic E-state index is -4.84. The molecule has 2 aromatic carbocycles. The average Bonchev–Trinajstić information content (AvgIpc) is 3.63. The highest BCUT2D eigenvalue weighted by Crippen LogP contribution is 2.38. The smallest absolute Gasteiger partial charge is 0.404 e. The molecule has 5 rings (SSSR count). The van der Waals surface area contributed by atoms with E-state index in [-0.39, 0.29) is 23.2 Å². The Bertz CT molecular complexity index is 1890. The third-order valence-corrected chi connectivity index (χ3v) is 8.50. The lowest BCUT2D eigenvalue weighted by atomic mass is 9.98. The van der Waals surface area contributed by atoms with E-state index in [1.165, 1.54) is 21.9 Å². The highest BCUT2D eigenvalue weighted by atomic mass is 32.2. The number of hydrogen-bond donors (Lipinski definition) is 1. The molecule has 0 unspecified atom stereocenters. The summed E-state index contributed by atoms with van der Waals surface area (Å²) >= 11 is 1.62. The van der Waals surface area contributed by atoms with Crippen molar-refractivity contribution in [3.63, 3.8) is 0 Å². The number of carbonyl (C=O) groups is 3. The van der Waals surface area contributed by atoms with Crippen molar-refractivity contribution < 1.29 is 36.7 Å². The van der Waals surface area contributed by atoms with Crippen LogP contribution < -0.4 is 15.0 Å². The van der Waals surface area contributed by atoms with E-state index in [2.05, 4.69) is 59.1 Å². The first-order valence-electron chi connectivity index (χ1n) is 16.0. The third kappa shape index (κ3) is 11.5. The Morgan fingerprint density at radius 1 is 1.08 bits per heavy atom. The summed E-state index contributed by atoms with van der Waals surface area (Å²) in [7, 11) is 1.58. The Kier molecular flexibility index (Phi) is 14.1. The summed E-state index contributed by atoms with van der Waals surface area (Å²) in [5.74, 6) is 0.141. The molecule has 0 saturated carbocycles. The molecule has 272 valence electrons. The number of ketones is 1. The number of allylic oxidation sites excluding steroid dienone is 1. The summed E-state index contributed by atoms with van der Waals surface area (Å²) in [5, 5.41) is 7.82. The van der Waals surface area contributed by atoms with Crippen LogP contribution in [0.3, 0.4) is 0 Å². The van der Waals surface area contributed by atoms with Gasteiger partial charge in [-0.15, -0.1) is 13.2 Å². The van der Waals surface area contributed by atoms with Gasteiger partial charge in [0.15, 0.2) is 0 Å². The van der Waals surface area contributed by atoms with Gasteiger partial charge in [-0.2, -0.15) is 5.10 Å². The minimum Gasteiger partial charge on any atom is -0.404 e. The van der Waals surface area contributed by atoms with Crippen molar-refractivity contribution in [1.29, 1.82) is 0 Å². The summed E-state index contributed by atoms with van der Waals surface area (Å²) in [6, 6.07) is 14.7. The molecule has 4 aromatic rings. The number of aromatic nitrogens is 3. The van der Waals surface area contributed by atoms with Crippen molar-refractivity contribution in [3.8, 4) is 17.0 Å². The number of Topliss-reactive ketones (excluding diaryl/α,β-unsaturated/α-hetero) is 1. The number of aryl methyl sites for hydroxylation is 3. The number of alkyl halides is 3. The van der Waals surface area contributed by atoms with Gasteiger partial charge in [0.25, 0.3) is 5.91 Å². The molecule has 0 spiro atoms. The predicted molar refractivity (Wildman–Crippen MR) is 192 cm³/mol. The van der Waals surface area contributed by atoms with Crippen LogP contribution in [-0.4, -0.2) is 44.5 Å². The van der Waals surface area contributed by atoms with Gasteiger partial charge in [0, 0.05) is 25.1 Å². The molecule has 1 aliphatic rings. The first-order valence-corrected chi connectivity index (χ1v) is 17.0. The molecule has 9 nitrogen and oxygen atoms in total. The fraction of sp³-hybridized carbons (Fsp3) is 0.324. The van der Waals surface area contributed by atoms with Gasteiger partial charge in [-0.05, 0) is 74.6 Å². The predicted octanol–water partition coefficient (Wildman–Crippen LogP) is 9.13. The zero-order valence-corrected chi connectivity index (χ0v) is 30.5. The lowest BCUT2D eigenvalue weighted by Gasteiger charge is -2.23. The van der Waals surface area contributed by atoms with Gasteiger partial charge in [-0.1, -0.05) is 62.9 Å². The van der Waals surface area contributed by atoms with Gasteiger partial charge in [0.2, 0.25) is 5.91 Å². The molecule has 1 saturated heterocycles. The lowest BCUT2D eigenvalue weighted by molar-refractivity contribution is -0.274. The highest BCUT2D eigenvalue weighted by Gasteiger charge is 2.31. The van der Waals surface area contributed by atoms with E-state index in [0.717, 1.165) is 29.0 Å². The number of anilines is 2. The fourth-order valence-corrected chi connectivity index (χ4v) is 5.45. The average molecular weight is 728 g/mol. The van der Waals surface area contributed by atoms with Crippen LogP contribution >= 0.6 is 11.8 Å². The van der Waals surface area contributed by atoms with Gasteiger partial charge in [0.1, 0.15) is 28.9 Å². The molecule has 0 aliphatic carbocycles. The molecular weight excluding hydrogens is 686 g/mol. The Morgan fingerprint density at radius 2 is 1.76 bits per heavy atom. The van der Waals surface area contributed by atoms with Crippen molar-refractivity contribution in [2.75, 3.05) is 16.0 Å². The molecule has 0 radical (unpaired) electrons. The number of benzene rings is 2. The molecule has 3 heterocycles. The highest BCUT2D eigenvalue weighted by molar-refractivity contribution is 8.04. The Balaban J connectivity index is 0.000000261. The number of pyridine rings is 1. The first kappa shape index (κ1) is 40.4. The summed E-state index contributed by atoms with van der Waals surface area (Å²) in [5.41, 5.74) is 4.83. The van der Waals surface area contributed by atoms with Crippen LogP contribution in [0, 0.1) is 19.7 Å². The molecule has 14 heteroatoms. The van der Waals surface area contributed by atoms with Gasteiger partial charge < -0.3 is 14.8 Å². The van der Waals surface area contributed by atoms with Crippen LogP contribution in [0.4, 0.5) is 29.1 Å². The fourth-order valence-electron chi connectivity index (χ4n) is 4.56. The van der Waals surface area contributed by atoms with E-state index in [0.29, 0.717) is 40.7 Å². The number of nitrogens with one attached hydrogen (secondary N) is 1. The normalized spacial score (nSPS) is 13.4. The van der Waals surface area contributed by atoms with Crippen LogP contribution in [0.2, 0.25) is 0 Å². The quantitative estimate of drug-likeness (QED) is 0.189. The molecule has 0 bridgehead atoms. The maximum absolute atomic E-state index is 13.7. The Labute approximate surface area is 299 Å². The number of amides is 2. The second kappa shape index (κ2) is 17.8. The SMILES string of the molecule is C/C=C1\SCC(=O)N1c1cc(C)ccc1C(C)C.CCC(C)=O.Cc1ccc(-c2cc(NC(=O)c3ccc(OC(F)(F)F)cn3)n(C)n2)cc1F. The van der Waals surface area contributed by atoms with E-state index in [1.54, 1.807) is 50.9 Å². The maximum Gasteiger partial charge on any atom is 0.573 e. The second-order valence-corrected chi connectivity index (χ2v) is 12.8. The largest absolute Gasteiger partial charge is 0.573 e. The van der Waals surface area contributed by atoms with Crippen molar-refractivity contribution in [2.24, 2.45) is 7.05 Å². The van der Waals surface area contributed by atoms with Crippen LogP contribution in [0.25, 0.3) is 11.3 Å². The van der Waals surface area contributed by atoms with Crippen LogP contribution in [0.15, 0.2) is 71.9 Å². The molecule has 51 heavy (non-hydrogen) atoms. The molecule has 1 N–H and O–H groups in total. The molecular formula is C37H41F4N5O4S. The lowest BCUT2D eigenvalue weighted by Crippen LogP contribution is -2.25. The topological polar surface area (TPSA) is 106 Å². The first-order chi connectivity index (χ1) is 23.9. The van der Waals surface area contributed by atoms with E-state index in [1.807, 2.05) is 24.8 Å². The minimum absolute atomic E-state index is 0.112. The van der Waals surface area contributed by atoms with E-state index >= 15 is 0 Å². The van der Waals surface area contributed by atoms with E-state index < -0.39 is 18.0 Å². The van der Waals surface area contributed by atoms with Gasteiger partial charge in [-0.25, -0.2) is 9.37 Å². The number of nitrogens with zero attached hydrogens (tertiary/aromatic N) is 4. The zero-order chi connectivity index (χ0) is 38.0. The maximum atomic E-state index is 13.7. The van der Waals surface area contributed by atoms with Crippen molar-refractivity contribution in [2.45, 2.75) is 67.2 Å². The number of rotatable bonds is 7. The summed E-state index contributed by atoms with van der Waals surface area (Å²) in [6.45, 7) is 13.5. The van der Waals surface area contributed by atoms with Crippen molar-refractivity contribution in [3.05, 3.63) is 100 Å². The van der Waals surface area contributed by atoms with Crippen LogP contribution in [-0.2, 0) is 16.6 Å². The number of hydrogen-bond acceptors (Lipinski definition) is 7. The molecule has 1 aliphatic heterocycles. The number of ether oxygens (including phenoxy) is 1. The standard InChI is InChI=1S/C18H14F4N4O2.C15H19NOS.C4H8O/c1-10-3-4-11(7-13(10)19)15-8-16(26(2)25-15)24-17(27)14-6-5-12(9-23-14)28-18(20,21)22;1-5-15-16(14(17)9-18-15)13-8-11(4)6-7-12(13)10(2)3;1-3-4(2)5/h3-9H,1-2H3,(H,24,27);5-8,10H,9H2,1-4H3;3H2,1-2H3/b;15-5-;. The second-order valence-electron chi connectivity index (χ2n) is 11.8. The van der Waals surface area contributed by atoms with Gasteiger partial charge in [0.05, 0.1) is 28.4 Å². The zero-order valence-electron chi connectivity index (χ0n) is 29.7. The molecule has 1 fully saturated rings. The van der Waals surface area contributed by atoms with Crippen LogP contribution in [0.1, 0.15) is 74.1 Å². The summed E-state index contributed by atoms with van der Waals surface area (Å²) < 4.78 is 55.3. The number of halogens is 4. The van der Waals surface area contributed by atoms with E-state index in [4.69, 9.17) is 0 Å². The molecule has 2 amide bonds. The van der Waals surface area contributed by atoms with Crippen molar-refractivity contribution in [1.82, 2.24) is 14.8 Å². The number of carbonyl (C=O) groups excluding carboxylic acids is 3. The van der Waals surface area contributed by atoms with Crippen LogP contribution in [0.5, 0.6) is 5.75 Å².